The van der Waals surface area contributed by atoms with Crippen LogP contribution in [0.2, 0.25) is 0 Å². The summed E-state index contributed by atoms with van der Waals surface area (Å²) in [5.41, 5.74) is 1.17. The first-order valence-electron chi connectivity index (χ1n) is 10.7. The number of aryl methyl sites for hydroxylation is 1. The van der Waals surface area contributed by atoms with E-state index in [0.29, 0.717) is 36.5 Å². The summed E-state index contributed by atoms with van der Waals surface area (Å²) in [6.07, 6.45) is 1.30. The van der Waals surface area contributed by atoms with E-state index in [0.717, 1.165) is 0 Å². The van der Waals surface area contributed by atoms with Crippen molar-refractivity contribution in [2.24, 2.45) is 0 Å². The number of hydrogen-bond acceptors (Lipinski definition) is 8. The van der Waals surface area contributed by atoms with Gasteiger partial charge in [-0.15, -0.1) is 0 Å². The normalized spacial score (nSPS) is 10.3. The molecule has 0 aromatic heterocycles. The Hall–Kier alpha value is -3.98. The third-order valence-corrected chi connectivity index (χ3v) is 4.52. The highest BCUT2D eigenvalue weighted by Gasteiger charge is 2.13. The van der Waals surface area contributed by atoms with Crippen LogP contribution in [-0.2, 0) is 19.1 Å². The van der Waals surface area contributed by atoms with Crippen LogP contribution in [0.3, 0.4) is 0 Å². The number of unbranched alkanes of at least 4 members (excludes halogenated alkanes) is 1. The predicted molar refractivity (Wildman–Crippen MR) is 125 cm³/mol. The molecule has 2 aromatic rings. The van der Waals surface area contributed by atoms with E-state index < -0.39 is 23.7 Å². The molecule has 0 fully saturated rings. The molecule has 0 atom stereocenters. The lowest BCUT2D eigenvalue weighted by molar-refractivity contribution is -0.139. The summed E-state index contributed by atoms with van der Waals surface area (Å²) in [6, 6.07) is 10.5. The van der Waals surface area contributed by atoms with E-state index in [9.17, 15) is 18.8 Å². The zero-order valence-corrected chi connectivity index (χ0v) is 19.6. The standard InChI is InChI=1S/C26H27FO8/c1-17-15-22(32-13-5-6-14-33-24(28)18(2)16-31-4)11-12-23(17)35-26(30)20-7-9-21(10-8-20)34-25(29)19(3)27/h7-12,15H,2-3,5-6,13-14,16H2,1,4H3. The Morgan fingerprint density at radius 2 is 1.54 bits per heavy atom. The number of hydrogen-bond donors (Lipinski definition) is 0. The van der Waals surface area contributed by atoms with Crippen LogP contribution in [0.4, 0.5) is 4.39 Å². The molecule has 0 unspecified atom stereocenters. The number of halogens is 1. The number of carbonyl (C=O) groups is 3. The first kappa shape index (κ1) is 27.3. The van der Waals surface area contributed by atoms with Crippen molar-refractivity contribution in [3.63, 3.8) is 0 Å². The molecule has 0 bridgehead atoms. The van der Waals surface area contributed by atoms with Crippen molar-refractivity contribution in [1.82, 2.24) is 0 Å². The molecular weight excluding hydrogens is 459 g/mol. The maximum atomic E-state index is 12.7. The Labute approximate surface area is 202 Å². The van der Waals surface area contributed by atoms with Gasteiger partial charge in [0.1, 0.15) is 17.2 Å². The molecule has 0 aliphatic rings. The number of rotatable bonds is 13. The second-order valence-electron chi connectivity index (χ2n) is 7.36. The lowest BCUT2D eigenvalue weighted by Crippen LogP contribution is -2.12. The number of esters is 3. The second-order valence-corrected chi connectivity index (χ2v) is 7.36. The molecule has 0 aliphatic carbocycles. The van der Waals surface area contributed by atoms with Crippen molar-refractivity contribution < 1.29 is 42.5 Å². The van der Waals surface area contributed by atoms with Gasteiger partial charge in [0.05, 0.1) is 31.0 Å². The smallest absolute Gasteiger partial charge is 0.371 e. The highest BCUT2D eigenvalue weighted by Crippen LogP contribution is 2.25. The van der Waals surface area contributed by atoms with E-state index >= 15 is 0 Å². The van der Waals surface area contributed by atoms with Crippen molar-refractivity contribution in [3.05, 3.63) is 78.1 Å². The third kappa shape index (κ3) is 9.05. The summed E-state index contributed by atoms with van der Waals surface area (Å²) >= 11 is 0. The van der Waals surface area contributed by atoms with Crippen LogP contribution in [0.15, 0.2) is 67.0 Å². The fourth-order valence-corrected chi connectivity index (χ4v) is 2.70. The van der Waals surface area contributed by atoms with Crippen LogP contribution in [0.25, 0.3) is 0 Å². The number of methoxy groups -OCH3 is 1. The molecular formula is C26H27FO8. The Kier molecular flexibility index (Phi) is 10.6. The summed E-state index contributed by atoms with van der Waals surface area (Å²) in [5.74, 6) is -2.48. The monoisotopic (exact) mass is 486 g/mol. The Balaban J connectivity index is 1.78. The van der Waals surface area contributed by atoms with E-state index in [2.05, 4.69) is 13.2 Å². The van der Waals surface area contributed by atoms with E-state index in [1.54, 1.807) is 25.1 Å². The molecule has 0 heterocycles. The van der Waals surface area contributed by atoms with Crippen LogP contribution in [0, 0.1) is 6.92 Å². The molecule has 8 nitrogen and oxygen atoms in total. The number of carbonyl (C=O) groups excluding carboxylic acids is 3. The topological polar surface area (TPSA) is 97.4 Å². The van der Waals surface area contributed by atoms with Gasteiger partial charge >= 0.3 is 17.9 Å². The molecule has 0 aliphatic heterocycles. The third-order valence-electron chi connectivity index (χ3n) is 4.52. The quantitative estimate of drug-likeness (QED) is 0.177. The lowest BCUT2D eigenvalue weighted by Gasteiger charge is -2.11. The maximum Gasteiger partial charge on any atom is 0.371 e. The van der Waals surface area contributed by atoms with Crippen LogP contribution in [0.1, 0.15) is 28.8 Å². The SMILES string of the molecule is C=C(F)C(=O)Oc1ccc(C(=O)Oc2ccc(OCCCCOC(=O)C(=C)COC)cc2C)cc1. The van der Waals surface area contributed by atoms with Crippen molar-refractivity contribution >= 4 is 17.9 Å². The van der Waals surface area contributed by atoms with Gasteiger partial charge in [0, 0.05) is 7.11 Å². The maximum absolute atomic E-state index is 12.7. The molecule has 9 heteroatoms. The first-order valence-corrected chi connectivity index (χ1v) is 10.7. The first-order chi connectivity index (χ1) is 16.7. The van der Waals surface area contributed by atoms with Gasteiger partial charge in [-0.25, -0.2) is 14.4 Å². The molecule has 0 radical (unpaired) electrons. The molecule has 0 spiro atoms. The second kappa shape index (κ2) is 13.7. The van der Waals surface area contributed by atoms with Gasteiger partial charge in [-0.2, -0.15) is 4.39 Å². The Bertz CT molecular complexity index is 1080. The van der Waals surface area contributed by atoms with Gasteiger partial charge in [0.15, 0.2) is 0 Å². The van der Waals surface area contributed by atoms with Crippen LogP contribution in [0.5, 0.6) is 17.2 Å². The molecule has 2 aromatic carbocycles. The van der Waals surface area contributed by atoms with E-state index in [4.69, 9.17) is 23.7 Å². The zero-order chi connectivity index (χ0) is 25.8. The van der Waals surface area contributed by atoms with Crippen LogP contribution in [-0.4, -0.2) is 44.8 Å². The van der Waals surface area contributed by atoms with Gasteiger partial charge in [-0.05, 0) is 67.8 Å². The average Bonchev–Trinajstić information content (AvgIpc) is 2.83. The van der Waals surface area contributed by atoms with Gasteiger partial charge in [-0.1, -0.05) is 13.2 Å². The number of ether oxygens (including phenoxy) is 5. The minimum absolute atomic E-state index is 0.0674. The highest BCUT2D eigenvalue weighted by molar-refractivity contribution is 5.92. The fraction of sp³-hybridized carbons (Fsp3) is 0.269. The van der Waals surface area contributed by atoms with Gasteiger partial charge in [-0.3, -0.25) is 0 Å². The Morgan fingerprint density at radius 1 is 0.886 bits per heavy atom. The molecule has 2 rings (SSSR count). The molecule has 0 amide bonds. The van der Waals surface area contributed by atoms with Gasteiger partial charge in [0.2, 0.25) is 5.83 Å². The van der Waals surface area contributed by atoms with Crippen molar-refractivity contribution in [2.45, 2.75) is 19.8 Å². The van der Waals surface area contributed by atoms with Crippen molar-refractivity contribution in [3.8, 4) is 17.2 Å². The Morgan fingerprint density at radius 3 is 2.17 bits per heavy atom. The van der Waals surface area contributed by atoms with Gasteiger partial charge < -0.3 is 23.7 Å². The highest BCUT2D eigenvalue weighted by atomic mass is 19.1. The van der Waals surface area contributed by atoms with Crippen molar-refractivity contribution in [1.29, 1.82) is 0 Å². The molecule has 35 heavy (non-hydrogen) atoms. The van der Waals surface area contributed by atoms with E-state index in [1.807, 2.05) is 0 Å². The zero-order valence-electron chi connectivity index (χ0n) is 19.6. The summed E-state index contributed by atoms with van der Waals surface area (Å²) in [5, 5.41) is 0. The van der Waals surface area contributed by atoms with E-state index in [-0.39, 0.29) is 30.1 Å². The summed E-state index contributed by atoms with van der Waals surface area (Å²) in [7, 11) is 1.48. The van der Waals surface area contributed by atoms with E-state index in [1.165, 1.54) is 31.4 Å². The number of benzene rings is 2. The molecule has 0 N–H and O–H groups in total. The van der Waals surface area contributed by atoms with Crippen LogP contribution >= 0.6 is 0 Å². The molecule has 0 saturated heterocycles. The largest absolute Gasteiger partial charge is 0.494 e. The summed E-state index contributed by atoms with van der Waals surface area (Å²) < 4.78 is 38.5. The molecule has 0 saturated carbocycles. The van der Waals surface area contributed by atoms with Crippen molar-refractivity contribution in [2.75, 3.05) is 26.9 Å². The summed E-state index contributed by atoms with van der Waals surface area (Å²) in [4.78, 5) is 35.2. The molecule has 186 valence electrons. The average molecular weight is 486 g/mol. The lowest BCUT2D eigenvalue weighted by atomic mass is 10.2. The van der Waals surface area contributed by atoms with Gasteiger partial charge in [0.25, 0.3) is 0 Å². The summed E-state index contributed by atoms with van der Waals surface area (Å²) in [6.45, 7) is 9.02. The fourth-order valence-electron chi connectivity index (χ4n) is 2.70. The predicted octanol–water partition coefficient (Wildman–Crippen LogP) is 4.51. The minimum atomic E-state index is -1.22. The minimum Gasteiger partial charge on any atom is -0.494 e. The van der Waals surface area contributed by atoms with Crippen LogP contribution < -0.4 is 14.2 Å².